The summed E-state index contributed by atoms with van der Waals surface area (Å²) in [4.78, 5) is 3.44. The zero-order chi connectivity index (χ0) is 11.7. The summed E-state index contributed by atoms with van der Waals surface area (Å²) in [5.41, 5.74) is 5.42. The summed E-state index contributed by atoms with van der Waals surface area (Å²) in [7, 11) is 0. The maximum absolute atomic E-state index is 3.44. The first kappa shape index (κ1) is 10.6. The molecule has 2 N–H and O–H groups in total. The van der Waals surface area contributed by atoms with Gasteiger partial charge in [-0.2, -0.15) is 0 Å². The lowest BCUT2D eigenvalue weighted by atomic mass is 9.99. The van der Waals surface area contributed by atoms with Crippen LogP contribution in [0.15, 0.2) is 30.3 Å². The van der Waals surface area contributed by atoms with Crippen molar-refractivity contribution in [2.75, 3.05) is 13.1 Å². The zero-order valence-electron chi connectivity index (χ0n) is 10.2. The van der Waals surface area contributed by atoms with Crippen LogP contribution in [-0.4, -0.2) is 18.1 Å². The van der Waals surface area contributed by atoms with Crippen molar-refractivity contribution in [3.63, 3.8) is 0 Å². The number of aromatic amines is 1. The van der Waals surface area contributed by atoms with Crippen molar-refractivity contribution < 1.29 is 0 Å². The van der Waals surface area contributed by atoms with Gasteiger partial charge in [-0.15, -0.1) is 0 Å². The zero-order valence-corrected chi connectivity index (χ0v) is 10.2. The highest BCUT2D eigenvalue weighted by Gasteiger charge is 2.07. The summed E-state index contributed by atoms with van der Waals surface area (Å²) >= 11 is 0. The average Bonchev–Trinajstić information content (AvgIpc) is 2.81. The van der Waals surface area contributed by atoms with E-state index in [1.165, 1.54) is 27.7 Å². The fourth-order valence-electron chi connectivity index (χ4n) is 2.47. The Morgan fingerprint density at radius 1 is 1.24 bits per heavy atom. The summed E-state index contributed by atoms with van der Waals surface area (Å²) in [5.74, 6) is 0. The van der Waals surface area contributed by atoms with Crippen LogP contribution in [0.3, 0.4) is 0 Å². The molecule has 17 heavy (non-hydrogen) atoms. The van der Waals surface area contributed by atoms with Gasteiger partial charge in [-0.25, -0.2) is 0 Å². The van der Waals surface area contributed by atoms with Crippen LogP contribution in [0.1, 0.15) is 24.6 Å². The van der Waals surface area contributed by atoms with E-state index < -0.39 is 0 Å². The smallest absolute Gasteiger partial charge is 0.0456 e. The minimum atomic E-state index is 1.00. The Kier molecular flexibility index (Phi) is 2.73. The Balaban J connectivity index is 2.03. The molecule has 2 aromatic rings. The van der Waals surface area contributed by atoms with E-state index in [9.17, 15) is 0 Å². The maximum atomic E-state index is 3.44. The summed E-state index contributed by atoms with van der Waals surface area (Å²) in [6.07, 6.45) is 4.51. The second-order valence-corrected chi connectivity index (χ2v) is 4.63. The summed E-state index contributed by atoms with van der Waals surface area (Å²) in [6.45, 7) is 4.28. The molecule has 0 amide bonds. The molecule has 0 fully saturated rings. The van der Waals surface area contributed by atoms with Crippen LogP contribution < -0.4 is 5.32 Å². The molecule has 0 bridgehead atoms. The van der Waals surface area contributed by atoms with E-state index in [0.717, 1.165) is 25.9 Å². The largest absolute Gasteiger partial charge is 0.358 e. The van der Waals surface area contributed by atoms with E-state index in [-0.39, 0.29) is 0 Å². The Labute approximate surface area is 102 Å². The lowest BCUT2D eigenvalue weighted by Crippen LogP contribution is -2.19. The molecule has 3 rings (SSSR count). The molecule has 0 radical (unpaired) electrons. The van der Waals surface area contributed by atoms with Crippen molar-refractivity contribution in [3.8, 4) is 0 Å². The van der Waals surface area contributed by atoms with Gasteiger partial charge in [0.25, 0.3) is 0 Å². The SMILES string of the molecule is CCc1cc2cc(C3=CCNCC3)ccc2[nH]1. The first-order chi connectivity index (χ1) is 8.36. The van der Waals surface area contributed by atoms with Crippen molar-refractivity contribution in [3.05, 3.63) is 41.6 Å². The van der Waals surface area contributed by atoms with E-state index >= 15 is 0 Å². The van der Waals surface area contributed by atoms with Gasteiger partial charge in [0.1, 0.15) is 0 Å². The van der Waals surface area contributed by atoms with Gasteiger partial charge in [0.2, 0.25) is 0 Å². The standard InChI is InChI=1S/C15H18N2/c1-2-14-10-13-9-12(3-4-15(13)17-14)11-5-7-16-8-6-11/h3-5,9-10,16-17H,2,6-8H2,1H3. The quantitative estimate of drug-likeness (QED) is 0.809. The van der Waals surface area contributed by atoms with Gasteiger partial charge in [-0.05, 0) is 48.7 Å². The fraction of sp³-hybridized carbons (Fsp3) is 0.333. The summed E-state index contributed by atoms with van der Waals surface area (Å²) < 4.78 is 0. The molecule has 0 spiro atoms. The van der Waals surface area contributed by atoms with Crippen molar-refractivity contribution in [2.45, 2.75) is 19.8 Å². The number of aryl methyl sites for hydroxylation is 1. The van der Waals surface area contributed by atoms with Crippen LogP contribution in [0.25, 0.3) is 16.5 Å². The Hall–Kier alpha value is -1.54. The Morgan fingerprint density at radius 3 is 2.94 bits per heavy atom. The third-order valence-corrected chi connectivity index (χ3v) is 3.49. The number of rotatable bonds is 2. The van der Waals surface area contributed by atoms with Gasteiger partial charge in [0.15, 0.2) is 0 Å². The molecule has 0 saturated heterocycles. The second-order valence-electron chi connectivity index (χ2n) is 4.63. The number of hydrogen-bond acceptors (Lipinski definition) is 1. The van der Waals surface area contributed by atoms with Crippen LogP contribution in [0, 0.1) is 0 Å². The van der Waals surface area contributed by atoms with Gasteiger partial charge >= 0.3 is 0 Å². The van der Waals surface area contributed by atoms with Crippen LogP contribution in [-0.2, 0) is 6.42 Å². The van der Waals surface area contributed by atoms with Crippen LogP contribution >= 0.6 is 0 Å². The van der Waals surface area contributed by atoms with Crippen molar-refractivity contribution in [1.29, 1.82) is 0 Å². The molecule has 1 aliphatic rings. The van der Waals surface area contributed by atoms with Gasteiger partial charge in [-0.3, -0.25) is 0 Å². The molecular formula is C15H18N2. The average molecular weight is 226 g/mol. The number of benzene rings is 1. The second kappa shape index (κ2) is 4.38. The molecule has 0 aliphatic carbocycles. The number of aromatic nitrogens is 1. The number of hydrogen-bond donors (Lipinski definition) is 2. The molecule has 2 heteroatoms. The molecule has 0 atom stereocenters. The fourth-order valence-corrected chi connectivity index (χ4v) is 2.47. The van der Waals surface area contributed by atoms with Gasteiger partial charge in [0.05, 0.1) is 0 Å². The first-order valence-electron chi connectivity index (χ1n) is 6.38. The topological polar surface area (TPSA) is 27.8 Å². The molecular weight excluding hydrogens is 208 g/mol. The lowest BCUT2D eigenvalue weighted by Gasteiger charge is -2.14. The van der Waals surface area contributed by atoms with E-state index in [1.807, 2.05) is 0 Å². The Bertz CT molecular complexity index is 563. The van der Waals surface area contributed by atoms with Gasteiger partial charge < -0.3 is 10.3 Å². The van der Waals surface area contributed by atoms with E-state index in [1.54, 1.807) is 0 Å². The molecule has 0 saturated carbocycles. The maximum Gasteiger partial charge on any atom is 0.0456 e. The number of fused-ring (bicyclic) bond motifs is 1. The van der Waals surface area contributed by atoms with Crippen molar-refractivity contribution >= 4 is 16.5 Å². The number of nitrogens with one attached hydrogen (secondary N) is 2. The lowest BCUT2D eigenvalue weighted by molar-refractivity contribution is 0.739. The molecule has 2 heterocycles. The predicted molar refractivity (Wildman–Crippen MR) is 73.1 cm³/mol. The van der Waals surface area contributed by atoms with E-state index in [4.69, 9.17) is 0 Å². The predicted octanol–water partition coefficient (Wildman–Crippen LogP) is 3.11. The monoisotopic (exact) mass is 226 g/mol. The van der Waals surface area contributed by atoms with Crippen LogP contribution in [0.5, 0.6) is 0 Å². The summed E-state index contributed by atoms with van der Waals surface area (Å²) in [6, 6.07) is 9.00. The van der Waals surface area contributed by atoms with Crippen LogP contribution in [0.2, 0.25) is 0 Å². The van der Waals surface area contributed by atoms with Gasteiger partial charge in [-0.1, -0.05) is 19.1 Å². The molecule has 1 aromatic carbocycles. The van der Waals surface area contributed by atoms with E-state index in [2.05, 4.69) is 47.6 Å². The minimum absolute atomic E-state index is 1.00. The highest BCUT2D eigenvalue weighted by atomic mass is 14.8. The molecule has 1 aromatic heterocycles. The highest BCUT2D eigenvalue weighted by molar-refractivity contribution is 5.85. The Morgan fingerprint density at radius 2 is 2.18 bits per heavy atom. The molecule has 1 aliphatic heterocycles. The van der Waals surface area contributed by atoms with Crippen molar-refractivity contribution in [1.82, 2.24) is 10.3 Å². The van der Waals surface area contributed by atoms with Gasteiger partial charge in [0, 0.05) is 23.1 Å². The third kappa shape index (κ3) is 2.01. The molecule has 88 valence electrons. The molecule has 2 nitrogen and oxygen atoms in total. The minimum Gasteiger partial charge on any atom is -0.358 e. The number of H-pyrrole nitrogens is 1. The summed E-state index contributed by atoms with van der Waals surface area (Å²) in [5, 5.41) is 4.68. The van der Waals surface area contributed by atoms with E-state index in [0.29, 0.717) is 0 Å². The third-order valence-electron chi connectivity index (χ3n) is 3.49. The normalized spacial score (nSPS) is 16.2. The van der Waals surface area contributed by atoms with Crippen molar-refractivity contribution in [2.24, 2.45) is 0 Å². The molecule has 0 unspecified atom stereocenters. The van der Waals surface area contributed by atoms with Crippen LogP contribution in [0.4, 0.5) is 0 Å². The first-order valence-corrected chi connectivity index (χ1v) is 6.38. The highest BCUT2D eigenvalue weighted by Crippen LogP contribution is 2.24.